The summed E-state index contributed by atoms with van der Waals surface area (Å²) in [7, 11) is 1.57. The van der Waals surface area contributed by atoms with Gasteiger partial charge in [0.1, 0.15) is 22.6 Å². The Labute approximate surface area is 198 Å². The van der Waals surface area contributed by atoms with Crippen LogP contribution in [0.2, 0.25) is 0 Å². The normalized spacial score (nSPS) is 19.4. The SMILES string of the molecule is COc1ccc2c(c1)C(=O)N(CC1(c3cc4cc(-c5csc(N)n5)ccc4o3)CNC(=O)N1)C2. The smallest absolute Gasteiger partial charge is 0.315 e. The van der Waals surface area contributed by atoms with Crippen LogP contribution in [-0.2, 0) is 12.1 Å². The number of aromatic nitrogens is 1. The second-order valence-corrected chi connectivity index (χ2v) is 9.40. The van der Waals surface area contributed by atoms with Gasteiger partial charge in [-0.2, -0.15) is 0 Å². The zero-order valence-electron chi connectivity index (χ0n) is 18.3. The van der Waals surface area contributed by atoms with Crippen molar-refractivity contribution in [3.8, 4) is 17.0 Å². The molecule has 0 aliphatic carbocycles. The molecule has 172 valence electrons. The predicted molar refractivity (Wildman–Crippen MR) is 128 cm³/mol. The highest BCUT2D eigenvalue weighted by Crippen LogP contribution is 2.35. The molecular formula is C24H21N5O4S. The topological polar surface area (TPSA) is 123 Å². The van der Waals surface area contributed by atoms with Gasteiger partial charge in [0.05, 0.1) is 25.9 Å². The molecule has 4 heterocycles. The number of furan rings is 1. The van der Waals surface area contributed by atoms with E-state index in [-0.39, 0.29) is 18.5 Å². The number of nitrogens with zero attached hydrogens (tertiary/aromatic N) is 2. The summed E-state index contributed by atoms with van der Waals surface area (Å²) in [5.74, 6) is 1.11. The maximum Gasteiger partial charge on any atom is 0.315 e. The first-order chi connectivity index (χ1) is 16.4. The molecule has 1 atom stereocenters. The molecule has 2 aromatic carbocycles. The van der Waals surface area contributed by atoms with Crippen molar-refractivity contribution in [1.82, 2.24) is 20.5 Å². The molecular weight excluding hydrogens is 454 g/mol. The summed E-state index contributed by atoms with van der Waals surface area (Å²) >= 11 is 1.39. The first-order valence-electron chi connectivity index (χ1n) is 10.7. The van der Waals surface area contributed by atoms with Gasteiger partial charge in [-0.15, -0.1) is 11.3 Å². The molecule has 0 spiro atoms. The number of hydrogen-bond acceptors (Lipinski definition) is 7. The molecule has 34 heavy (non-hydrogen) atoms. The summed E-state index contributed by atoms with van der Waals surface area (Å²) in [6, 6.07) is 12.9. The molecule has 1 fully saturated rings. The standard InChI is InChI=1S/C24H21N5O4S/c1-32-16-4-2-14-9-29(21(30)17(14)8-16)12-24(11-26-23(31)28-24)20-7-15-6-13(3-5-19(15)33-20)18-10-34-22(25)27-18/h2-8,10H,9,11-12H2,1H3,(H2,25,27)(H2,26,28,31). The molecule has 4 N–H and O–H groups in total. The number of methoxy groups -OCH3 is 1. The number of carbonyl (C=O) groups is 2. The number of nitrogens with two attached hydrogens (primary N) is 1. The number of benzene rings is 2. The molecule has 3 amide bonds. The number of nitrogen functional groups attached to an aromatic ring is 1. The summed E-state index contributed by atoms with van der Waals surface area (Å²) in [4.78, 5) is 31.5. The minimum Gasteiger partial charge on any atom is -0.497 e. The molecule has 0 bridgehead atoms. The van der Waals surface area contributed by atoms with E-state index in [4.69, 9.17) is 14.9 Å². The van der Waals surface area contributed by atoms with Gasteiger partial charge >= 0.3 is 6.03 Å². The molecule has 1 unspecified atom stereocenters. The summed E-state index contributed by atoms with van der Waals surface area (Å²) < 4.78 is 11.5. The van der Waals surface area contributed by atoms with Crippen molar-refractivity contribution in [2.45, 2.75) is 12.1 Å². The Morgan fingerprint density at radius 2 is 2.12 bits per heavy atom. The molecule has 2 aromatic heterocycles. The van der Waals surface area contributed by atoms with E-state index in [9.17, 15) is 9.59 Å². The molecule has 0 saturated carbocycles. The average Bonchev–Trinajstić information content (AvgIpc) is 3.60. The van der Waals surface area contributed by atoms with E-state index in [2.05, 4.69) is 15.6 Å². The minimum atomic E-state index is -0.900. The van der Waals surface area contributed by atoms with Crippen LogP contribution in [-0.4, -0.2) is 42.0 Å². The Balaban J connectivity index is 1.35. The fraction of sp³-hybridized carbons (Fsp3) is 0.208. The Morgan fingerprint density at radius 1 is 1.24 bits per heavy atom. The van der Waals surface area contributed by atoms with E-state index < -0.39 is 5.54 Å². The van der Waals surface area contributed by atoms with Crippen LogP contribution in [0.15, 0.2) is 52.3 Å². The van der Waals surface area contributed by atoms with Crippen molar-refractivity contribution in [1.29, 1.82) is 0 Å². The second-order valence-electron chi connectivity index (χ2n) is 8.51. The lowest BCUT2D eigenvalue weighted by molar-refractivity contribution is 0.0722. The molecule has 10 heteroatoms. The lowest BCUT2D eigenvalue weighted by Crippen LogP contribution is -2.50. The minimum absolute atomic E-state index is 0.103. The zero-order valence-corrected chi connectivity index (χ0v) is 19.1. The van der Waals surface area contributed by atoms with Crippen molar-refractivity contribution < 1.29 is 18.7 Å². The highest BCUT2D eigenvalue weighted by atomic mass is 32.1. The van der Waals surface area contributed by atoms with Gasteiger partial charge in [-0.1, -0.05) is 6.07 Å². The lowest BCUT2D eigenvalue weighted by Gasteiger charge is -2.30. The van der Waals surface area contributed by atoms with Crippen LogP contribution in [0.3, 0.4) is 0 Å². The first-order valence-corrected chi connectivity index (χ1v) is 11.6. The van der Waals surface area contributed by atoms with Crippen LogP contribution in [0.4, 0.5) is 9.93 Å². The van der Waals surface area contributed by atoms with E-state index in [1.54, 1.807) is 18.1 Å². The van der Waals surface area contributed by atoms with Crippen LogP contribution >= 0.6 is 11.3 Å². The number of thiazole rings is 1. The third-order valence-electron chi connectivity index (χ3n) is 6.37. The maximum absolute atomic E-state index is 13.2. The van der Waals surface area contributed by atoms with Crippen molar-refractivity contribution in [2.24, 2.45) is 0 Å². The monoisotopic (exact) mass is 475 g/mol. The number of anilines is 1. The van der Waals surface area contributed by atoms with Crippen LogP contribution in [0.1, 0.15) is 21.7 Å². The van der Waals surface area contributed by atoms with Crippen molar-refractivity contribution in [3.63, 3.8) is 0 Å². The van der Waals surface area contributed by atoms with Crippen LogP contribution < -0.4 is 21.1 Å². The Bertz CT molecular complexity index is 1460. The third-order valence-corrected chi connectivity index (χ3v) is 7.04. The van der Waals surface area contributed by atoms with Crippen LogP contribution in [0, 0.1) is 0 Å². The summed E-state index contributed by atoms with van der Waals surface area (Å²) in [5, 5.41) is 9.13. The lowest BCUT2D eigenvalue weighted by atomic mass is 9.96. The van der Waals surface area contributed by atoms with E-state index in [1.807, 2.05) is 41.8 Å². The Morgan fingerprint density at radius 3 is 2.85 bits per heavy atom. The molecule has 2 aliphatic rings. The fourth-order valence-electron chi connectivity index (χ4n) is 4.64. The summed E-state index contributed by atoms with van der Waals surface area (Å²) in [5.41, 5.74) is 8.83. The average molecular weight is 476 g/mol. The van der Waals surface area contributed by atoms with Crippen molar-refractivity contribution >= 4 is 39.4 Å². The van der Waals surface area contributed by atoms with Gasteiger partial charge in [-0.25, -0.2) is 9.78 Å². The molecule has 0 radical (unpaired) electrons. The van der Waals surface area contributed by atoms with Gasteiger partial charge in [-0.05, 0) is 42.0 Å². The van der Waals surface area contributed by atoms with Crippen molar-refractivity contribution in [3.05, 3.63) is 64.7 Å². The largest absolute Gasteiger partial charge is 0.497 e. The maximum atomic E-state index is 13.2. The van der Waals surface area contributed by atoms with E-state index in [1.165, 1.54) is 11.3 Å². The number of carbonyl (C=O) groups excluding carboxylic acids is 2. The molecule has 4 aromatic rings. The number of urea groups is 1. The molecule has 1 saturated heterocycles. The van der Waals surface area contributed by atoms with E-state index in [0.717, 1.165) is 22.2 Å². The highest BCUT2D eigenvalue weighted by Gasteiger charge is 2.46. The van der Waals surface area contributed by atoms with Crippen LogP contribution in [0.25, 0.3) is 22.2 Å². The highest BCUT2D eigenvalue weighted by molar-refractivity contribution is 7.13. The number of nitrogens with one attached hydrogen (secondary N) is 2. The Hall–Kier alpha value is -4.05. The summed E-state index contributed by atoms with van der Waals surface area (Å²) in [6.45, 7) is 1.01. The van der Waals surface area contributed by atoms with E-state index >= 15 is 0 Å². The van der Waals surface area contributed by atoms with Gasteiger partial charge in [0.15, 0.2) is 5.13 Å². The van der Waals surface area contributed by atoms with Gasteiger partial charge in [0, 0.05) is 28.4 Å². The quantitative estimate of drug-likeness (QED) is 0.407. The Kier molecular flexibility index (Phi) is 4.53. The number of amides is 3. The van der Waals surface area contributed by atoms with Crippen LogP contribution in [0.5, 0.6) is 5.75 Å². The second kappa shape index (κ2) is 7.49. The fourth-order valence-corrected chi connectivity index (χ4v) is 5.21. The summed E-state index contributed by atoms with van der Waals surface area (Å²) in [6.07, 6.45) is 0. The third kappa shape index (κ3) is 3.26. The number of rotatable bonds is 5. The van der Waals surface area contributed by atoms with Gasteiger partial charge < -0.3 is 30.4 Å². The predicted octanol–water partition coefficient (Wildman–Crippen LogP) is 3.31. The van der Waals surface area contributed by atoms with E-state index in [0.29, 0.717) is 40.9 Å². The molecule has 9 nitrogen and oxygen atoms in total. The number of ether oxygens (including phenoxy) is 1. The zero-order chi connectivity index (χ0) is 23.4. The van der Waals surface area contributed by atoms with Crippen molar-refractivity contribution in [2.75, 3.05) is 25.9 Å². The molecule has 2 aliphatic heterocycles. The van der Waals surface area contributed by atoms with Gasteiger partial charge in [-0.3, -0.25) is 4.79 Å². The number of hydrogen-bond donors (Lipinski definition) is 3. The number of fused-ring (bicyclic) bond motifs is 2. The first kappa shape index (κ1) is 20.5. The molecule has 6 rings (SSSR count). The van der Waals surface area contributed by atoms with Gasteiger partial charge in [0.2, 0.25) is 0 Å². The van der Waals surface area contributed by atoms with Gasteiger partial charge in [0.25, 0.3) is 5.91 Å².